The number of nitrogens with zero attached hydrogens (tertiary/aromatic N) is 1. The van der Waals surface area contributed by atoms with Crippen LogP contribution in [0.15, 0.2) is 28.7 Å². The number of halogens is 1. The van der Waals surface area contributed by atoms with E-state index in [9.17, 15) is 4.79 Å². The van der Waals surface area contributed by atoms with Crippen LogP contribution >= 0.6 is 15.9 Å². The number of hydrogen-bond acceptors (Lipinski definition) is 4. The molecule has 0 radical (unpaired) electrons. The lowest BCUT2D eigenvalue weighted by Crippen LogP contribution is -2.33. The van der Waals surface area contributed by atoms with E-state index in [0.29, 0.717) is 18.8 Å². The highest BCUT2D eigenvalue weighted by molar-refractivity contribution is 9.10. The minimum atomic E-state index is -0.501. The molecule has 0 atom stereocenters. The summed E-state index contributed by atoms with van der Waals surface area (Å²) in [7, 11) is 0. The maximum absolute atomic E-state index is 11.7. The normalized spacial score (nSPS) is 11.8. The molecule has 0 spiro atoms. The Hall–Kier alpha value is -2.28. The summed E-state index contributed by atoms with van der Waals surface area (Å²) in [6.07, 6.45) is 0.228. The largest absolute Gasteiger partial charge is 0.444 e. The average Bonchev–Trinajstić information content (AvgIpc) is 2.90. The van der Waals surface area contributed by atoms with Gasteiger partial charge in [0, 0.05) is 33.9 Å². The van der Waals surface area contributed by atoms with Gasteiger partial charge in [-0.2, -0.15) is 0 Å². The lowest BCUT2D eigenvalue weighted by molar-refractivity contribution is 0.0528. The summed E-state index contributed by atoms with van der Waals surface area (Å²) in [5, 5.41) is 4.66. The van der Waals surface area contributed by atoms with Crippen molar-refractivity contribution in [2.45, 2.75) is 32.8 Å². The first-order valence-electron chi connectivity index (χ1n) is 8.06. The Balaban J connectivity index is 1.78. The number of alkyl carbamates (subject to hydrolysis) is 1. The number of anilines is 1. The molecule has 2 heterocycles. The number of carbonyl (C=O) groups is 1. The van der Waals surface area contributed by atoms with Gasteiger partial charge in [-0.15, -0.1) is 0 Å². The number of fused-ring (bicyclic) bond motifs is 3. The Morgan fingerprint density at radius 3 is 2.80 bits per heavy atom. The van der Waals surface area contributed by atoms with Crippen molar-refractivity contribution < 1.29 is 9.53 Å². The Morgan fingerprint density at radius 1 is 1.32 bits per heavy atom. The number of nitrogens with two attached hydrogens (primary N) is 1. The zero-order valence-electron chi connectivity index (χ0n) is 14.4. The Kier molecular flexibility index (Phi) is 4.60. The quantitative estimate of drug-likeness (QED) is 0.611. The van der Waals surface area contributed by atoms with E-state index in [-0.39, 0.29) is 0 Å². The maximum Gasteiger partial charge on any atom is 0.407 e. The summed E-state index contributed by atoms with van der Waals surface area (Å²) in [4.78, 5) is 19.6. The number of benzene rings is 1. The summed E-state index contributed by atoms with van der Waals surface area (Å²) in [6.45, 7) is 5.98. The van der Waals surface area contributed by atoms with Crippen molar-refractivity contribution in [2.24, 2.45) is 0 Å². The van der Waals surface area contributed by atoms with Crippen molar-refractivity contribution in [2.75, 3.05) is 12.3 Å². The molecule has 4 N–H and O–H groups in total. The number of rotatable bonds is 3. The number of H-pyrrole nitrogens is 1. The fourth-order valence-electron chi connectivity index (χ4n) is 2.67. The van der Waals surface area contributed by atoms with Crippen molar-refractivity contribution in [1.82, 2.24) is 15.3 Å². The van der Waals surface area contributed by atoms with E-state index in [1.54, 1.807) is 0 Å². The van der Waals surface area contributed by atoms with Crippen LogP contribution in [0.1, 0.15) is 26.5 Å². The molecule has 0 unspecified atom stereocenters. The summed E-state index contributed by atoms with van der Waals surface area (Å²) in [5.74, 6) is 0.489. The monoisotopic (exact) mass is 404 g/mol. The van der Waals surface area contributed by atoms with Crippen LogP contribution in [0.3, 0.4) is 0 Å². The topological polar surface area (TPSA) is 93.0 Å². The summed E-state index contributed by atoms with van der Waals surface area (Å²) >= 11 is 3.45. The molecule has 1 aromatic carbocycles. The zero-order chi connectivity index (χ0) is 18.2. The first kappa shape index (κ1) is 17.5. The number of nitrogens with one attached hydrogen (secondary N) is 2. The molecule has 0 aliphatic heterocycles. The molecule has 0 bridgehead atoms. The van der Waals surface area contributed by atoms with Crippen LogP contribution < -0.4 is 11.1 Å². The smallest absolute Gasteiger partial charge is 0.407 e. The van der Waals surface area contributed by atoms with Gasteiger partial charge in [0.05, 0.1) is 11.0 Å². The maximum atomic E-state index is 11.7. The van der Waals surface area contributed by atoms with Gasteiger partial charge in [-0.05, 0) is 45.0 Å². The molecule has 0 aliphatic rings. The van der Waals surface area contributed by atoms with Crippen LogP contribution in [0.4, 0.5) is 10.6 Å². The second-order valence-electron chi connectivity index (χ2n) is 6.92. The Morgan fingerprint density at radius 2 is 2.08 bits per heavy atom. The standard InChI is InChI=1S/C18H21BrN4O2/c1-18(2,3)25-17(24)21-7-6-11-9-13-15(22-11)12-5-4-10(19)8-14(12)23-16(13)20/h4-5,8-9,22H,6-7H2,1-3H3,(H2,20,23)(H,21,24). The molecule has 2 aromatic heterocycles. The van der Waals surface area contributed by atoms with E-state index < -0.39 is 11.7 Å². The highest BCUT2D eigenvalue weighted by Gasteiger charge is 2.16. The van der Waals surface area contributed by atoms with Crippen LogP contribution in [-0.2, 0) is 11.2 Å². The van der Waals surface area contributed by atoms with Gasteiger partial charge in [0.25, 0.3) is 0 Å². The van der Waals surface area contributed by atoms with Crippen molar-refractivity contribution in [1.29, 1.82) is 0 Å². The molecule has 7 heteroatoms. The van der Waals surface area contributed by atoms with Crippen molar-refractivity contribution in [3.05, 3.63) is 34.4 Å². The van der Waals surface area contributed by atoms with Crippen LogP contribution in [0.5, 0.6) is 0 Å². The second-order valence-corrected chi connectivity index (χ2v) is 7.84. The number of pyridine rings is 1. The third-order valence-corrected chi connectivity index (χ3v) is 4.18. The predicted molar refractivity (Wildman–Crippen MR) is 104 cm³/mol. The minimum absolute atomic E-state index is 0.417. The average molecular weight is 405 g/mol. The van der Waals surface area contributed by atoms with E-state index in [4.69, 9.17) is 10.5 Å². The molecule has 0 saturated carbocycles. The van der Waals surface area contributed by atoms with Gasteiger partial charge in [-0.3, -0.25) is 0 Å². The molecule has 25 heavy (non-hydrogen) atoms. The van der Waals surface area contributed by atoms with E-state index in [0.717, 1.165) is 32.0 Å². The lowest BCUT2D eigenvalue weighted by atomic mass is 10.1. The molecule has 0 saturated heterocycles. The molecule has 0 fully saturated rings. The van der Waals surface area contributed by atoms with Gasteiger partial charge >= 0.3 is 6.09 Å². The number of amides is 1. The van der Waals surface area contributed by atoms with Gasteiger partial charge in [-0.1, -0.05) is 15.9 Å². The van der Waals surface area contributed by atoms with Crippen LogP contribution in [-0.4, -0.2) is 28.2 Å². The number of ether oxygens (including phenoxy) is 1. The SMILES string of the molecule is CC(C)(C)OC(=O)NCCc1cc2c(N)nc3cc(Br)ccc3c2[nH]1. The minimum Gasteiger partial charge on any atom is -0.444 e. The Labute approximate surface area is 154 Å². The summed E-state index contributed by atoms with van der Waals surface area (Å²) in [6, 6.07) is 7.91. The predicted octanol–water partition coefficient (Wildman–Crippen LogP) is 4.13. The number of hydrogen-bond donors (Lipinski definition) is 3. The second kappa shape index (κ2) is 6.55. The number of nitrogen functional groups attached to an aromatic ring is 1. The molecule has 6 nitrogen and oxygen atoms in total. The number of aromatic amines is 1. The van der Waals surface area contributed by atoms with Gasteiger partial charge in [-0.25, -0.2) is 9.78 Å². The Bertz CT molecular complexity index is 944. The summed E-state index contributed by atoms with van der Waals surface area (Å²) in [5.41, 5.74) is 8.37. The first-order chi connectivity index (χ1) is 11.7. The van der Waals surface area contributed by atoms with Gasteiger partial charge in [0.15, 0.2) is 0 Å². The summed E-state index contributed by atoms with van der Waals surface area (Å²) < 4.78 is 6.19. The molecule has 132 valence electrons. The van der Waals surface area contributed by atoms with Gasteiger partial charge in [0.1, 0.15) is 11.4 Å². The number of carbonyl (C=O) groups excluding carboxylic acids is 1. The number of aromatic nitrogens is 2. The van der Waals surface area contributed by atoms with Crippen molar-refractivity contribution in [3.8, 4) is 0 Å². The van der Waals surface area contributed by atoms with Crippen molar-refractivity contribution >= 4 is 49.6 Å². The fourth-order valence-corrected chi connectivity index (χ4v) is 3.02. The van der Waals surface area contributed by atoms with Gasteiger partial charge < -0.3 is 20.8 Å². The van der Waals surface area contributed by atoms with E-state index in [1.165, 1.54) is 0 Å². The third-order valence-electron chi connectivity index (χ3n) is 3.68. The molecule has 3 rings (SSSR count). The van der Waals surface area contributed by atoms with Gasteiger partial charge in [0.2, 0.25) is 0 Å². The first-order valence-corrected chi connectivity index (χ1v) is 8.85. The highest BCUT2D eigenvalue weighted by atomic mass is 79.9. The van der Waals surface area contributed by atoms with Crippen LogP contribution in [0, 0.1) is 0 Å². The lowest BCUT2D eigenvalue weighted by Gasteiger charge is -2.19. The van der Waals surface area contributed by atoms with E-state index in [2.05, 4.69) is 31.2 Å². The van der Waals surface area contributed by atoms with Crippen molar-refractivity contribution in [3.63, 3.8) is 0 Å². The molecule has 0 aliphatic carbocycles. The van der Waals surface area contributed by atoms with E-state index in [1.807, 2.05) is 45.0 Å². The molecule has 3 aromatic rings. The van der Waals surface area contributed by atoms with Crippen LogP contribution in [0.25, 0.3) is 21.8 Å². The zero-order valence-corrected chi connectivity index (χ0v) is 16.0. The molecule has 1 amide bonds. The van der Waals surface area contributed by atoms with E-state index >= 15 is 0 Å². The van der Waals surface area contributed by atoms with Crippen LogP contribution in [0.2, 0.25) is 0 Å². The highest BCUT2D eigenvalue weighted by Crippen LogP contribution is 2.29. The molecular formula is C18H21BrN4O2. The molecular weight excluding hydrogens is 384 g/mol. The third kappa shape index (κ3) is 4.04. The fraction of sp³-hybridized carbons (Fsp3) is 0.333.